The van der Waals surface area contributed by atoms with Gasteiger partial charge in [0.05, 0.1) is 0 Å². The summed E-state index contributed by atoms with van der Waals surface area (Å²) in [5.41, 5.74) is 12.0. The third kappa shape index (κ3) is 2.87. The highest BCUT2D eigenvalue weighted by molar-refractivity contribution is 7.08. The van der Waals surface area contributed by atoms with Gasteiger partial charge in [-0.15, -0.1) is 0 Å². The maximum absolute atomic E-state index is 5.88. The normalized spacial score (nSPS) is 10.7. The van der Waals surface area contributed by atoms with E-state index >= 15 is 0 Å². The Morgan fingerprint density at radius 3 is 2.59 bits per heavy atom. The lowest BCUT2D eigenvalue weighted by Crippen LogP contribution is -2.14. The van der Waals surface area contributed by atoms with Crippen molar-refractivity contribution < 1.29 is 0 Å². The first-order valence-corrected chi connectivity index (χ1v) is 6.69. The summed E-state index contributed by atoms with van der Waals surface area (Å²) < 4.78 is 0. The zero-order valence-electron chi connectivity index (χ0n) is 10.3. The zero-order chi connectivity index (χ0) is 12.3. The summed E-state index contributed by atoms with van der Waals surface area (Å²) in [5.74, 6) is 0. The number of thiophene rings is 1. The second kappa shape index (κ2) is 5.34. The van der Waals surface area contributed by atoms with Gasteiger partial charge in [-0.25, -0.2) is 0 Å². The number of hydrogen-bond donors (Lipinski definition) is 2. The van der Waals surface area contributed by atoms with Crippen LogP contribution >= 0.6 is 11.3 Å². The van der Waals surface area contributed by atoms with Crippen LogP contribution < -0.4 is 11.1 Å². The molecule has 0 aliphatic rings. The predicted molar refractivity (Wildman–Crippen MR) is 75.2 cm³/mol. The molecule has 0 amide bonds. The molecule has 1 aromatic heterocycles. The molecular formula is C14H18N2S. The number of aryl methyl sites for hydroxylation is 1. The summed E-state index contributed by atoms with van der Waals surface area (Å²) in [6.45, 7) is 6.01. The van der Waals surface area contributed by atoms with Gasteiger partial charge in [0.15, 0.2) is 0 Å². The Kier molecular flexibility index (Phi) is 3.82. The van der Waals surface area contributed by atoms with E-state index in [2.05, 4.69) is 36.0 Å². The van der Waals surface area contributed by atoms with E-state index in [1.165, 1.54) is 22.3 Å². The van der Waals surface area contributed by atoms with Gasteiger partial charge in [-0.1, -0.05) is 12.1 Å². The van der Waals surface area contributed by atoms with Gasteiger partial charge in [-0.3, -0.25) is 0 Å². The molecule has 1 aromatic carbocycles. The second-order valence-electron chi connectivity index (χ2n) is 4.31. The van der Waals surface area contributed by atoms with E-state index in [9.17, 15) is 0 Å². The third-order valence-corrected chi connectivity index (χ3v) is 3.99. The summed E-state index contributed by atoms with van der Waals surface area (Å²) in [6, 6.07) is 6.08. The maximum atomic E-state index is 5.88. The molecule has 0 spiro atoms. The SMILES string of the molecule is Cc1cscc1CNCc1cccc(N)c1C. The van der Waals surface area contributed by atoms with Gasteiger partial charge < -0.3 is 11.1 Å². The van der Waals surface area contributed by atoms with Crippen molar-refractivity contribution in [2.75, 3.05) is 5.73 Å². The lowest BCUT2D eigenvalue weighted by Gasteiger charge is -2.09. The minimum absolute atomic E-state index is 0.867. The van der Waals surface area contributed by atoms with Gasteiger partial charge in [0, 0.05) is 18.8 Å². The van der Waals surface area contributed by atoms with Crippen molar-refractivity contribution >= 4 is 17.0 Å². The Labute approximate surface area is 106 Å². The van der Waals surface area contributed by atoms with Crippen molar-refractivity contribution in [2.45, 2.75) is 26.9 Å². The summed E-state index contributed by atoms with van der Waals surface area (Å²) in [5, 5.41) is 7.85. The lowest BCUT2D eigenvalue weighted by molar-refractivity contribution is 0.690. The summed E-state index contributed by atoms with van der Waals surface area (Å²) in [7, 11) is 0. The lowest BCUT2D eigenvalue weighted by atomic mass is 10.1. The van der Waals surface area contributed by atoms with E-state index in [-0.39, 0.29) is 0 Å². The second-order valence-corrected chi connectivity index (χ2v) is 5.06. The molecule has 0 radical (unpaired) electrons. The monoisotopic (exact) mass is 246 g/mol. The van der Waals surface area contributed by atoms with E-state index in [4.69, 9.17) is 5.73 Å². The fourth-order valence-electron chi connectivity index (χ4n) is 1.79. The van der Waals surface area contributed by atoms with Crippen molar-refractivity contribution in [1.82, 2.24) is 5.32 Å². The minimum atomic E-state index is 0.867. The summed E-state index contributed by atoms with van der Waals surface area (Å²) in [4.78, 5) is 0. The molecule has 2 aromatic rings. The van der Waals surface area contributed by atoms with Crippen LogP contribution in [0, 0.1) is 13.8 Å². The molecule has 2 nitrogen and oxygen atoms in total. The van der Waals surface area contributed by atoms with Crippen LogP contribution in [0.1, 0.15) is 22.3 Å². The highest BCUT2D eigenvalue weighted by Crippen LogP contribution is 2.16. The van der Waals surface area contributed by atoms with Gasteiger partial charge in [0.2, 0.25) is 0 Å². The van der Waals surface area contributed by atoms with Crippen LogP contribution in [-0.4, -0.2) is 0 Å². The van der Waals surface area contributed by atoms with Crippen LogP contribution in [0.5, 0.6) is 0 Å². The molecule has 0 aliphatic carbocycles. The quantitative estimate of drug-likeness (QED) is 0.813. The predicted octanol–water partition coefficient (Wildman–Crippen LogP) is 3.24. The molecule has 0 unspecified atom stereocenters. The van der Waals surface area contributed by atoms with Gasteiger partial charge in [-0.05, 0) is 52.9 Å². The van der Waals surface area contributed by atoms with Gasteiger partial charge in [-0.2, -0.15) is 11.3 Å². The first-order chi connectivity index (χ1) is 8.18. The molecule has 90 valence electrons. The smallest absolute Gasteiger partial charge is 0.0346 e. The molecule has 1 heterocycles. The largest absolute Gasteiger partial charge is 0.399 e. The Balaban J connectivity index is 1.95. The van der Waals surface area contributed by atoms with Gasteiger partial charge >= 0.3 is 0 Å². The fraction of sp³-hybridized carbons (Fsp3) is 0.286. The number of nitrogens with one attached hydrogen (secondary N) is 1. The van der Waals surface area contributed by atoms with Crippen molar-refractivity contribution in [2.24, 2.45) is 0 Å². The van der Waals surface area contributed by atoms with Crippen LogP contribution in [0.25, 0.3) is 0 Å². The van der Waals surface area contributed by atoms with Crippen LogP contribution in [0.2, 0.25) is 0 Å². The maximum Gasteiger partial charge on any atom is 0.0346 e. The number of rotatable bonds is 4. The first kappa shape index (κ1) is 12.1. The summed E-state index contributed by atoms with van der Waals surface area (Å²) >= 11 is 1.76. The van der Waals surface area contributed by atoms with Crippen molar-refractivity contribution in [3.8, 4) is 0 Å². The molecule has 0 bridgehead atoms. The Hall–Kier alpha value is -1.32. The number of nitrogen functional groups attached to an aromatic ring is 1. The molecule has 17 heavy (non-hydrogen) atoms. The van der Waals surface area contributed by atoms with Crippen LogP contribution in [0.4, 0.5) is 5.69 Å². The molecule has 0 fully saturated rings. The van der Waals surface area contributed by atoms with E-state index in [0.29, 0.717) is 0 Å². The minimum Gasteiger partial charge on any atom is -0.399 e. The van der Waals surface area contributed by atoms with Crippen molar-refractivity contribution in [3.63, 3.8) is 0 Å². The number of hydrogen-bond acceptors (Lipinski definition) is 3. The molecule has 3 N–H and O–H groups in total. The van der Waals surface area contributed by atoms with Gasteiger partial charge in [0.1, 0.15) is 0 Å². The topological polar surface area (TPSA) is 38.0 Å². The third-order valence-electron chi connectivity index (χ3n) is 3.08. The van der Waals surface area contributed by atoms with Crippen LogP contribution in [0.3, 0.4) is 0 Å². The number of nitrogens with two attached hydrogens (primary N) is 1. The molecule has 3 heteroatoms. The molecule has 0 atom stereocenters. The first-order valence-electron chi connectivity index (χ1n) is 5.75. The highest BCUT2D eigenvalue weighted by atomic mass is 32.1. The standard InChI is InChI=1S/C14H18N2S/c1-10-8-17-9-13(10)7-16-6-12-4-3-5-14(15)11(12)2/h3-5,8-9,16H,6-7,15H2,1-2H3. The van der Waals surface area contributed by atoms with Crippen molar-refractivity contribution in [3.05, 3.63) is 51.2 Å². The van der Waals surface area contributed by atoms with Crippen LogP contribution in [-0.2, 0) is 13.1 Å². The average molecular weight is 246 g/mol. The highest BCUT2D eigenvalue weighted by Gasteiger charge is 2.02. The molecule has 0 saturated heterocycles. The van der Waals surface area contributed by atoms with E-state index in [0.717, 1.165) is 18.8 Å². The van der Waals surface area contributed by atoms with E-state index in [1.54, 1.807) is 11.3 Å². The molecule has 0 aliphatic heterocycles. The van der Waals surface area contributed by atoms with Crippen molar-refractivity contribution in [1.29, 1.82) is 0 Å². The fourth-order valence-corrected chi connectivity index (χ4v) is 2.65. The average Bonchev–Trinajstić information content (AvgIpc) is 2.71. The zero-order valence-corrected chi connectivity index (χ0v) is 11.1. The molecule has 0 saturated carbocycles. The van der Waals surface area contributed by atoms with Gasteiger partial charge in [0.25, 0.3) is 0 Å². The van der Waals surface area contributed by atoms with Crippen LogP contribution in [0.15, 0.2) is 29.0 Å². The number of benzene rings is 1. The Morgan fingerprint density at radius 2 is 1.88 bits per heavy atom. The number of anilines is 1. The van der Waals surface area contributed by atoms with E-state index < -0.39 is 0 Å². The Morgan fingerprint density at radius 1 is 1.12 bits per heavy atom. The van der Waals surface area contributed by atoms with E-state index in [1.807, 2.05) is 12.1 Å². The Bertz CT molecular complexity index is 503. The molecular weight excluding hydrogens is 228 g/mol. The molecule has 2 rings (SSSR count). The summed E-state index contributed by atoms with van der Waals surface area (Å²) in [6.07, 6.45) is 0.